The quantitative estimate of drug-likeness (QED) is 0.593. The van der Waals surface area contributed by atoms with Gasteiger partial charge in [0.05, 0.1) is 19.3 Å². The Morgan fingerprint density at radius 1 is 1.38 bits per heavy atom. The van der Waals surface area contributed by atoms with Crippen LogP contribution in [0.3, 0.4) is 0 Å². The summed E-state index contributed by atoms with van der Waals surface area (Å²) >= 11 is 5.70. The first-order chi connectivity index (χ1) is 11.2. The monoisotopic (exact) mass is 360 g/mol. The van der Waals surface area contributed by atoms with Crippen LogP contribution in [0.5, 0.6) is 0 Å². The molecule has 0 bridgehead atoms. The van der Waals surface area contributed by atoms with Crippen molar-refractivity contribution in [3.05, 3.63) is 35.9 Å². The lowest BCUT2D eigenvalue weighted by Crippen LogP contribution is -2.51. The summed E-state index contributed by atoms with van der Waals surface area (Å²) in [6, 6.07) is 7.92. The Labute approximate surface area is 143 Å². The van der Waals surface area contributed by atoms with E-state index in [9.17, 15) is 14.0 Å². The van der Waals surface area contributed by atoms with Gasteiger partial charge in [-0.15, -0.1) is 0 Å². The summed E-state index contributed by atoms with van der Waals surface area (Å²) in [4.78, 5) is 23.9. The molecule has 0 radical (unpaired) electrons. The van der Waals surface area contributed by atoms with Crippen LogP contribution in [-0.2, 0) is 23.7 Å². The van der Waals surface area contributed by atoms with Gasteiger partial charge in [0.1, 0.15) is 6.10 Å². The van der Waals surface area contributed by atoms with Gasteiger partial charge in [-0.3, -0.25) is 0 Å². The molecule has 1 heterocycles. The molecule has 0 N–H and O–H groups in total. The largest absolute Gasteiger partial charge is 0.466 e. The second-order valence-corrected chi connectivity index (χ2v) is 6.22. The molecular formula is C16H18ClFO6. The minimum absolute atomic E-state index is 0.102. The first kappa shape index (κ1) is 18.6. The van der Waals surface area contributed by atoms with Gasteiger partial charge in [0.25, 0.3) is 0 Å². The highest BCUT2D eigenvalue weighted by Gasteiger charge is 2.56. The number of carbonyl (C=O) groups is 2. The maximum Gasteiger partial charge on any atom is 0.363 e. The third kappa shape index (κ3) is 4.03. The molecule has 1 saturated heterocycles. The van der Waals surface area contributed by atoms with Crippen molar-refractivity contribution in [1.82, 2.24) is 0 Å². The molecule has 1 aliphatic heterocycles. The average molecular weight is 361 g/mol. The zero-order chi connectivity index (χ0) is 18.0. The lowest BCUT2D eigenvalue weighted by molar-refractivity contribution is -0.174. The molecule has 0 spiro atoms. The second kappa shape index (κ2) is 7.04. The topological polar surface area (TPSA) is 71.1 Å². The van der Waals surface area contributed by atoms with Crippen LogP contribution in [0.1, 0.15) is 24.2 Å². The van der Waals surface area contributed by atoms with Crippen LogP contribution in [0.4, 0.5) is 4.39 Å². The Morgan fingerprint density at radius 3 is 2.50 bits per heavy atom. The second-order valence-electron chi connectivity index (χ2n) is 5.67. The summed E-state index contributed by atoms with van der Waals surface area (Å²) < 4.78 is 35.2. The van der Waals surface area contributed by atoms with Crippen molar-refractivity contribution < 1.29 is 32.9 Å². The van der Waals surface area contributed by atoms with Gasteiger partial charge in [-0.05, 0) is 26.0 Å². The zero-order valence-electron chi connectivity index (χ0n) is 13.5. The molecular weight excluding hydrogens is 343 g/mol. The fraction of sp³-hybridized carbons (Fsp3) is 0.500. The molecule has 2 rings (SSSR count). The van der Waals surface area contributed by atoms with Crippen LogP contribution in [0.2, 0.25) is 0 Å². The van der Waals surface area contributed by atoms with Gasteiger partial charge in [0.15, 0.2) is 11.9 Å². The first-order valence-electron chi connectivity index (χ1n) is 7.21. The van der Waals surface area contributed by atoms with Crippen LogP contribution in [0.25, 0.3) is 0 Å². The normalized spacial score (nSPS) is 23.1. The van der Waals surface area contributed by atoms with E-state index in [0.717, 1.165) is 7.11 Å². The lowest BCUT2D eigenvalue weighted by Gasteiger charge is -2.30. The van der Waals surface area contributed by atoms with Crippen LogP contribution in [-0.4, -0.2) is 48.8 Å². The molecule has 132 valence electrons. The predicted molar refractivity (Wildman–Crippen MR) is 82.3 cm³/mol. The summed E-state index contributed by atoms with van der Waals surface area (Å²) in [5.74, 6) is -3.26. The fourth-order valence-corrected chi connectivity index (χ4v) is 2.52. The summed E-state index contributed by atoms with van der Waals surface area (Å²) in [7, 11) is 0.977. The van der Waals surface area contributed by atoms with E-state index < -0.39 is 35.1 Å². The SMILES string of the molecule is COC(=O)[C@](F)(Cl)[C@H](OC(=O)c1ccccc1)[C@H]1COC(C)(C)O1. The minimum Gasteiger partial charge on any atom is -0.466 e. The third-order valence-corrected chi connectivity index (χ3v) is 3.80. The summed E-state index contributed by atoms with van der Waals surface area (Å²) in [5, 5.41) is -3.12. The number of hydrogen-bond acceptors (Lipinski definition) is 6. The fourth-order valence-electron chi connectivity index (χ4n) is 2.26. The molecule has 3 atom stereocenters. The Hall–Kier alpha value is -1.70. The van der Waals surface area contributed by atoms with Crippen LogP contribution < -0.4 is 0 Å². The van der Waals surface area contributed by atoms with E-state index in [1.54, 1.807) is 32.0 Å². The van der Waals surface area contributed by atoms with Gasteiger partial charge in [-0.1, -0.05) is 29.8 Å². The molecule has 0 saturated carbocycles. The molecule has 0 aromatic heterocycles. The van der Waals surface area contributed by atoms with Crippen LogP contribution in [0.15, 0.2) is 30.3 Å². The van der Waals surface area contributed by atoms with Crippen molar-refractivity contribution in [2.75, 3.05) is 13.7 Å². The minimum atomic E-state index is -3.12. The number of rotatable bonds is 5. The van der Waals surface area contributed by atoms with Gasteiger partial charge < -0.3 is 18.9 Å². The van der Waals surface area contributed by atoms with Crippen LogP contribution in [0, 0.1) is 0 Å². The first-order valence-corrected chi connectivity index (χ1v) is 7.59. The van der Waals surface area contributed by atoms with Crippen molar-refractivity contribution in [3.63, 3.8) is 0 Å². The van der Waals surface area contributed by atoms with Crippen molar-refractivity contribution >= 4 is 23.5 Å². The molecule has 8 heteroatoms. The molecule has 0 aliphatic carbocycles. The van der Waals surface area contributed by atoms with E-state index >= 15 is 0 Å². The third-order valence-electron chi connectivity index (χ3n) is 3.43. The highest BCUT2D eigenvalue weighted by molar-refractivity contribution is 6.33. The smallest absolute Gasteiger partial charge is 0.363 e. The molecule has 24 heavy (non-hydrogen) atoms. The molecule has 6 nitrogen and oxygen atoms in total. The van der Waals surface area contributed by atoms with E-state index in [2.05, 4.69) is 4.74 Å². The highest BCUT2D eigenvalue weighted by Crippen LogP contribution is 2.35. The van der Waals surface area contributed by atoms with E-state index in [4.69, 9.17) is 25.8 Å². The summed E-state index contributed by atoms with van der Waals surface area (Å²) in [6.07, 6.45) is -2.82. The summed E-state index contributed by atoms with van der Waals surface area (Å²) in [6.45, 7) is 3.11. The number of hydrogen-bond donors (Lipinski definition) is 0. The number of halogens is 2. The number of carbonyl (C=O) groups excluding carboxylic acids is 2. The van der Waals surface area contributed by atoms with Gasteiger partial charge in [-0.25, -0.2) is 14.0 Å². The van der Waals surface area contributed by atoms with Crippen molar-refractivity contribution in [2.45, 2.75) is 37.0 Å². The number of alkyl halides is 2. The molecule has 1 aliphatic rings. The zero-order valence-corrected chi connectivity index (χ0v) is 14.2. The van der Waals surface area contributed by atoms with Crippen molar-refractivity contribution in [1.29, 1.82) is 0 Å². The molecule has 1 fully saturated rings. The predicted octanol–water partition coefficient (Wildman–Crippen LogP) is 2.44. The average Bonchev–Trinajstić information content (AvgIpc) is 2.91. The molecule has 0 amide bonds. The standard InChI is InChI=1S/C16H18ClFO6/c1-15(2)22-9-11(24-15)12(16(17,18)14(20)21-3)23-13(19)10-7-5-4-6-8-10/h4-8,11-12H,9H2,1-3H3/t11-,12-,16+/m1/s1. The molecule has 0 unspecified atom stereocenters. The van der Waals surface area contributed by atoms with E-state index in [1.165, 1.54) is 12.1 Å². The Morgan fingerprint density at radius 2 is 2.00 bits per heavy atom. The van der Waals surface area contributed by atoms with Gasteiger partial charge in [0.2, 0.25) is 0 Å². The maximum atomic E-state index is 14.8. The highest BCUT2D eigenvalue weighted by atomic mass is 35.5. The number of esters is 2. The number of benzene rings is 1. The van der Waals surface area contributed by atoms with Gasteiger partial charge in [0, 0.05) is 0 Å². The van der Waals surface area contributed by atoms with Crippen molar-refractivity contribution in [2.24, 2.45) is 0 Å². The Bertz CT molecular complexity index is 604. The lowest BCUT2D eigenvalue weighted by atomic mass is 10.1. The van der Waals surface area contributed by atoms with E-state index in [1.807, 2.05) is 0 Å². The number of methoxy groups -OCH3 is 1. The van der Waals surface area contributed by atoms with Crippen LogP contribution >= 0.6 is 11.6 Å². The maximum absolute atomic E-state index is 14.8. The number of ether oxygens (including phenoxy) is 4. The molecule has 1 aromatic carbocycles. The molecule has 1 aromatic rings. The summed E-state index contributed by atoms with van der Waals surface area (Å²) in [5.41, 5.74) is 0.179. The van der Waals surface area contributed by atoms with Gasteiger partial charge >= 0.3 is 17.1 Å². The van der Waals surface area contributed by atoms with E-state index in [-0.39, 0.29) is 12.2 Å². The van der Waals surface area contributed by atoms with E-state index in [0.29, 0.717) is 0 Å². The Balaban J connectivity index is 2.26. The van der Waals surface area contributed by atoms with Crippen molar-refractivity contribution in [3.8, 4) is 0 Å². The van der Waals surface area contributed by atoms with Gasteiger partial charge in [-0.2, -0.15) is 0 Å². The Kier molecular flexibility index (Phi) is 5.47.